The number of guanidine groups is 1. The zero-order chi connectivity index (χ0) is 15.8. The average Bonchev–Trinajstić information content (AvgIpc) is 3.00. The second-order valence-electron chi connectivity index (χ2n) is 5.86. The number of aromatic nitrogens is 1. The topological polar surface area (TPSA) is 52.5 Å². The van der Waals surface area contributed by atoms with E-state index in [0.29, 0.717) is 6.04 Å². The van der Waals surface area contributed by atoms with Crippen molar-refractivity contribution in [2.75, 3.05) is 33.2 Å². The lowest BCUT2D eigenvalue weighted by molar-refractivity contribution is 0.267. The number of likely N-dealkylation sites (N-methyl/N-ethyl adjacent to an activating group) is 1. The van der Waals surface area contributed by atoms with Crippen LogP contribution in [0.1, 0.15) is 30.9 Å². The summed E-state index contributed by atoms with van der Waals surface area (Å²) in [7, 11) is 1.83. The predicted octanol–water partition coefficient (Wildman–Crippen LogP) is 2.20. The molecule has 1 aromatic heterocycles. The number of rotatable bonds is 6. The highest BCUT2D eigenvalue weighted by molar-refractivity contribution is 14.0. The number of hydrogen-bond acceptors (Lipinski definition) is 3. The van der Waals surface area contributed by atoms with Crippen molar-refractivity contribution in [2.45, 2.75) is 39.2 Å². The molecule has 6 heteroatoms. The molecule has 0 bridgehead atoms. The highest BCUT2D eigenvalue weighted by atomic mass is 127. The Labute approximate surface area is 157 Å². The summed E-state index contributed by atoms with van der Waals surface area (Å²) in [5.41, 5.74) is 2.59. The second kappa shape index (κ2) is 10.8. The number of hydrogen-bond donors (Lipinski definition) is 2. The van der Waals surface area contributed by atoms with Crippen molar-refractivity contribution in [3.8, 4) is 0 Å². The van der Waals surface area contributed by atoms with E-state index in [-0.39, 0.29) is 24.0 Å². The third-order valence-corrected chi connectivity index (χ3v) is 4.46. The summed E-state index contributed by atoms with van der Waals surface area (Å²) in [5.74, 6) is 0.898. The van der Waals surface area contributed by atoms with Crippen molar-refractivity contribution in [3.05, 3.63) is 29.6 Å². The van der Waals surface area contributed by atoms with Crippen LogP contribution in [-0.2, 0) is 6.42 Å². The average molecular weight is 431 g/mol. The summed E-state index contributed by atoms with van der Waals surface area (Å²) in [6.07, 6.45) is 7.36. The lowest BCUT2D eigenvalue weighted by Gasteiger charge is -2.24. The number of nitrogens with zero attached hydrogens (tertiary/aromatic N) is 3. The lowest BCUT2D eigenvalue weighted by atomic mass is 10.1. The molecular weight excluding hydrogens is 401 g/mol. The van der Waals surface area contributed by atoms with Gasteiger partial charge in [0.1, 0.15) is 0 Å². The monoisotopic (exact) mass is 431 g/mol. The van der Waals surface area contributed by atoms with Gasteiger partial charge in [0.15, 0.2) is 5.96 Å². The van der Waals surface area contributed by atoms with Gasteiger partial charge in [-0.25, -0.2) is 0 Å². The van der Waals surface area contributed by atoms with E-state index in [1.807, 2.05) is 19.4 Å². The Bertz CT molecular complexity index is 492. The van der Waals surface area contributed by atoms with Gasteiger partial charge in [0.25, 0.3) is 0 Å². The molecule has 0 saturated carbocycles. The van der Waals surface area contributed by atoms with Gasteiger partial charge in [-0.1, -0.05) is 6.92 Å². The first-order chi connectivity index (χ1) is 10.7. The van der Waals surface area contributed by atoms with Gasteiger partial charge in [-0.2, -0.15) is 0 Å². The van der Waals surface area contributed by atoms with Crippen LogP contribution in [0.2, 0.25) is 0 Å². The van der Waals surface area contributed by atoms with Gasteiger partial charge in [-0.15, -0.1) is 24.0 Å². The van der Waals surface area contributed by atoms with E-state index < -0.39 is 0 Å². The van der Waals surface area contributed by atoms with Crippen LogP contribution in [0.15, 0.2) is 23.5 Å². The molecule has 0 aromatic carbocycles. The first-order valence-electron chi connectivity index (χ1n) is 8.32. The highest BCUT2D eigenvalue weighted by Gasteiger charge is 2.22. The van der Waals surface area contributed by atoms with Crippen molar-refractivity contribution in [3.63, 3.8) is 0 Å². The van der Waals surface area contributed by atoms with Crippen LogP contribution < -0.4 is 10.6 Å². The molecule has 0 radical (unpaired) electrons. The Hall–Kier alpha value is -0.890. The second-order valence-corrected chi connectivity index (χ2v) is 5.86. The van der Waals surface area contributed by atoms with Crippen molar-refractivity contribution >= 4 is 29.9 Å². The summed E-state index contributed by atoms with van der Waals surface area (Å²) in [6, 6.07) is 2.73. The van der Waals surface area contributed by atoms with Crippen molar-refractivity contribution in [1.82, 2.24) is 20.5 Å². The summed E-state index contributed by atoms with van der Waals surface area (Å²) in [5, 5.41) is 6.86. The van der Waals surface area contributed by atoms with Crippen LogP contribution in [-0.4, -0.2) is 55.1 Å². The van der Waals surface area contributed by atoms with Gasteiger partial charge in [-0.05, 0) is 56.5 Å². The molecule has 0 aliphatic carbocycles. The minimum absolute atomic E-state index is 0. The van der Waals surface area contributed by atoms with E-state index in [4.69, 9.17) is 0 Å². The minimum Gasteiger partial charge on any atom is -0.356 e. The molecule has 0 spiro atoms. The molecule has 1 fully saturated rings. The maximum atomic E-state index is 4.32. The minimum atomic E-state index is 0. The molecule has 1 aliphatic heterocycles. The number of pyridine rings is 1. The number of halogens is 1. The fraction of sp³-hybridized carbons (Fsp3) is 0.647. The number of aliphatic imine (C=N–C) groups is 1. The zero-order valence-corrected chi connectivity index (χ0v) is 16.8. The van der Waals surface area contributed by atoms with E-state index in [2.05, 4.69) is 45.4 Å². The van der Waals surface area contributed by atoms with Gasteiger partial charge in [0.2, 0.25) is 0 Å². The standard InChI is InChI=1S/C17H29N5.HI/c1-4-22-11-5-6-16(22)13-21-17(18-3)20-10-8-15-7-9-19-12-14(15)2;/h7,9,12,16H,4-6,8,10-11,13H2,1-3H3,(H2,18,20,21);1H. The SMILES string of the molecule is CCN1CCCC1CNC(=NC)NCCc1ccncc1C.I. The number of likely N-dealkylation sites (tertiary alicyclic amines) is 1. The van der Waals surface area contributed by atoms with Gasteiger partial charge in [0.05, 0.1) is 0 Å². The van der Waals surface area contributed by atoms with Gasteiger partial charge < -0.3 is 10.6 Å². The predicted molar refractivity (Wildman–Crippen MR) is 108 cm³/mol. The Morgan fingerprint density at radius 1 is 1.43 bits per heavy atom. The van der Waals surface area contributed by atoms with E-state index in [0.717, 1.165) is 32.0 Å². The van der Waals surface area contributed by atoms with Crippen molar-refractivity contribution < 1.29 is 0 Å². The van der Waals surface area contributed by atoms with Crippen molar-refractivity contribution in [2.24, 2.45) is 4.99 Å². The molecule has 2 rings (SSSR count). The fourth-order valence-electron chi connectivity index (χ4n) is 3.08. The Balaban J connectivity index is 0.00000264. The first-order valence-corrected chi connectivity index (χ1v) is 8.32. The molecule has 0 amide bonds. The smallest absolute Gasteiger partial charge is 0.191 e. The molecule has 1 unspecified atom stereocenters. The van der Waals surface area contributed by atoms with Crippen LogP contribution in [0.3, 0.4) is 0 Å². The number of aryl methyl sites for hydroxylation is 1. The van der Waals surface area contributed by atoms with Crippen LogP contribution in [0, 0.1) is 6.92 Å². The molecular formula is C17H30IN5. The summed E-state index contributed by atoms with van der Waals surface area (Å²) in [6.45, 7) is 8.57. The van der Waals surface area contributed by atoms with E-state index in [9.17, 15) is 0 Å². The molecule has 2 N–H and O–H groups in total. The third-order valence-electron chi connectivity index (χ3n) is 4.46. The molecule has 1 saturated heterocycles. The Morgan fingerprint density at radius 3 is 2.96 bits per heavy atom. The fourth-order valence-corrected chi connectivity index (χ4v) is 3.08. The number of nitrogens with one attached hydrogen (secondary N) is 2. The molecule has 2 heterocycles. The molecule has 1 aliphatic rings. The normalized spacial score (nSPS) is 18.6. The molecule has 130 valence electrons. The first kappa shape index (κ1) is 20.2. The van der Waals surface area contributed by atoms with Crippen molar-refractivity contribution in [1.29, 1.82) is 0 Å². The zero-order valence-electron chi connectivity index (χ0n) is 14.5. The van der Waals surface area contributed by atoms with Gasteiger partial charge >= 0.3 is 0 Å². The van der Waals surface area contributed by atoms with E-state index in [1.54, 1.807) is 0 Å². The summed E-state index contributed by atoms with van der Waals surface area (Å²) < 4.78 is 0. The van der Waals surface area contributed by atoms with E-state index in [1.165, 1.54) is 30.5 Å². The third kappa shape index (κ3) is 6.25. The molecule has 1 aromatic rings. The van der Waals surface area contributed by atoms with Crippen LogP contribution >= 0.6 is 24.0 Å². The summed E-state index contributed by atoms with van der Waals surface area (Å²) in [4.78, 5) is 11.0. The Morgan fingerprint density at radius 2 is 2.26 bits per heavy atom. The molecule has 1 atom stereocenters. The summed E-state index contributed by atoms with van der Waals surface area (Å²) >= 11 is 0. The molecule has 23 heavy (non-hydrogen) atoms. The van der Waals surface area contributed by atoms with E-state index >= 15 is 0 Å². The maximum Gasteiger partial charge on any atom is 0.191 e. The van der Waals surface area contributed by atoms with Gasteiger partial charge in [0, 0.05) is 38.6 Å². The van der Waals surface area contributed by atoms with Crippen LogP contribution in [0.25, 0.3) is 0 Å². The maximum absolute atomic E-state index is 4.32. The quantitative estimate of drug-likeness (QED) is 0.412. The lowest BCUT2D eigenvalue weighted by Crippen LogP contribution is -2.45. The van der Waals surface area contributed by atoms with Crippen LogP contribution in [0.4, 0.5) is 0 Å². The largest absolute Gasteiger partial charge is 0.356 e. The Kier molecular flexibility index (Phi) is 9.47. The molecule has 5 nitrogen and oxygen atoms in total. The highest BCUT2D eigenvalue weighted by Crippen LogP contribution is 2.15. The van der Waals surface area contributed by atoms with Gasteiger partial charge in [-0.3, -0.25) is 14.9 Å². The van der Waals surface area contributed by atoms with Crippen LogP contribution in [0.5, 0.6) is 0 Å².